The fourth-order valence-corrected chi connectivity index (χ4v) is 8.30. The Labute approximate surface area is 314 Å². The number of benzene rings is 1. The molecule has 2 amide bonds. The summed E-state index contributed by atoms with van der Waals surface area (Å²) < 4.78 is 29.4. The van der Waals surface area contributed by atoms with E-state index in [0.717, 1.165) is 51.0 Å². The molecule has 2 N–H and O–H groups in total. The number of hydrogen-bond acceptors (Lipinski definition) is 9. The van der Waals surface area contributed by atoms with E-state index in [2.05, 4.69) is 60.9 Å². The fraction of sp³-hybridized carbons (Fsp3) is 0.525. The second-order valence-electron chi connectivity index (χ2n) is 15.2. The number of aryl methyl sites for hydroxylation is 1. The van der Waals surface area contributed by atoms with Crippen molar-refractivity contribution < 1.29 is 28.2 Å². The molecule has 4 heterocycles. The minimum absolute atomic E-state index is 0.0381. The van der Waals surface area contributed by atoms with Gasteiger partial charge in [0.2, 0.25) is 0 Å². The summed E-state index contributed by atoms with van der Waals surface area (Å²) in [7, 11) is 1.67. The molecule has 13 heteroatoms. The van der Waals surface area contributed by atoms with Gasteiger partial charge in [0.25, 0.3) is 11.8 Å². The fourth-order valence-electron chi connectivity index (χ4n) is 7.45. The topological polar surface area (TPSA) is 127 Å². The molecule has 0 spiro atoms. The average molecular weight is 747 g/mol. The monoisotopic (exact) mass is 746 g/mol. The van der Waals surface area contributed by atoms with Crippen molar-refractivity contribution in [3.8, 4) is 11.3 Å². The van der Waals surface area contributed by atoms with E-state index in [4.69, 9.17) is 19.5 Å². The molecule has 284 valence electrons. The maximum Gasteiger partial charge on any atom is 0.259 e. The molecule has 1 aromatic carbocycles. The maximum atomic E-state index is 14.9. The van der Waals surface area contributed by atoms with Gasteiger partial charge in [-0.3, -0.25) is 19.6 Å². The highest BCUT2D eigenvalue weighted by atomic mass is 32.1. The van der Waals surface area contributed by atoms with E-state index in [0.29, 0.717) is 44.0 Å². The minimum Gasteiger partial charge on any atom is -0.378 e. The van der Waals surface area contributed by atoms with Gasteiger partial charge in [-0.1, -0.05) is 32.6 Å². The lowest BCUT2D eigenvalue weighted by Gasteiger charge is -2.41. The van der Waals surface area contributed by atoms with Gasteiger partial charge in [-0.2, -0.15) is 0 Å². The number of nitrogens with one attached hydrogen (secondary N) is 2. The number of amides is 2. The highest BCUT2D eigenvalue weighted by molar-refractivity contribution is 7.10. The molecular weight excluding hydrogens is 696 g/mol. The van der Waals surface area contributed by atoms with Crippen molar-refractivity contribution in [2.75, 3.05) is 26.9 Å². The molecule has 1 saturated carbocycles. The molecule has 0 radical (unpaired) electrons. The Morgan fingerprint density at radius 2 is 2.08 bits per heavy atom. The number of aromatic nitrogens is 2. The largest absolute Gasteiger partial charge is 0.378 e. The van der Waals surface area contributed by atoms with Crippen LogP contribution in [-0.2, 0) is 43.2 Å². The number of hydrazine groups is 1. The molecule has 2 fully saturated rings. The zero-order valence-electron chi connectivity index (χ0n) is 31.6. The number of allylic oxidation sites excluding steroid dienone is 2. The first kappa shape index (κ1) is 38.7. The van der Waals surface area contributed by atoms with Crippen molar-refractivity contribution in [3.05, 3.63) is 58.2 Å². The summed E-state index contributed by atoms with van der Waals surface area (Å²) in [6.07, 6.45) is 6.09. The quantitative estimate of drug-likeness (QED) is 0.156. The predicted octanol–water partition coefficient (Wildman–Crippen LogP) is 6.00. The van der Waals surface area contributed by atoms with Crippen LogP contribution in [0.4, 0.5) is 4.39 Å². The first-order valence-corrected chi connectivity index (χ1v) is 19.3. The summed E-state index contributed by atoms with van der Waals surface area (Å²) in [5.41, 5.74) is 6.07. The smallest absolute Gasteiger partial charge is 0.259 e. The van der Waals surface area contributed by atoms with Crippen LogP contribution in [-0.4, -0.2) is 89.1 Å². The summed E-state index contributed by atoms with van der Waals surface area (Å²) in [4.78, 5) is 49.5. The minimum atomic E-state index is -1.96. The van der Waals surface area contributed by atoms with Crippen LogP contribution >= 0.6 is 11.3 Å². The lowest BCUT2D eigenvalue weighted by atomic mass is 9.84. The average Bonchev–Trinajstić information content (AvgIpc) is 3.62. The number of nitrogens with zero attached hydrogens (tertiary/aromatic N) is 4. The Hall–Kier alpha value is -4.04. The number of ether oxygens (including phenoxy) is 2. The van der Waals surface area contributed by atoms with Gasteiger partial charge in [-0.25, -0.2) is 14.8 Å². The van der Waals surface area contributed by atoms with Gasteiger partial charge in [0.1, 0.15) is 17.9 Å². The second-order valence-corrected chi connectivity index (χ2v) is 16.1. The van der Waals surface area contributed by atoms with E-state index in [1.165, 1.54) is 16.3 Å². The normalized spacial score (nSPS) is 24.0. The molecular formula is C40H51FN6O5S. The third-order valence-corrected chi connectivity index (χ3v) is 11.4. The lowest BCUT2D eigenvalue weighted by molar-refractivity contribution is -0.147. The van der Waals surface area contributed by atoms with Gasteiger partial charge >= 0.3 is 0 Å². The number of hydrogen-bond donors (Lipinski definition) is 2. The molecule has 53 heavy (non-hydrogen) atoms. The highest BCUT2D eigenvalue weighted by Crippen LogP contribution is 2.41. The molecule has 2 aliphatic heterocycles. The first-order valence-electron chi connectivity index (χ1n) is 18.4. The van der Waals surface area contributed by atoms with Crippen LogP contribution in [0.3, 0.4) is 0 Å². The van der Waals surface area contributed by atoms with Gasteiger partial charge < -0.3 is 24.2 Å². The first-order chi connectivity index (χ1) is 25.3. The summed E-state index contributed by atoms with van der Waals surface area (Å²) in [6.45, 7) is 15.9. The Balaban J connectivity index is 1.52. The maximum absolute atomic E-state index is 14.9. The number of fused-ring (bicyclic) bond motifs is 6. The van der Waals surface area contributed by atoms with Crippen molar-refractivity contribution in [2.24, 2.45) is 10.4 Å². The zero-order chi connectivity index (χ0) is 38.1. The molecule has 1 saturated heterocycles. The molecule has 3 aromatic rings. The highest BCUT2D eigenvalue weighted by Gasteiger charge is 2.52. The molecule has 1 aliphatic carbocycles. The van der Waals surface area contributed by atoms with Crippen LogP contribution in [0.1, 0.15) is 76.6 Å². The Morgan fingerprint density at radius 1 is 1.30 bits per heavy atom. The number of methoxy groups -OCH3 is 1. The molecule has 6 bridgehead atoms. The number of thiazole rings is 1. The molecule has 0 unspecified atom stereocenters. The Bertz CT molecular complexity index is 1960. The van der Waals surface area contributed by atoms with Crippen molar-refractivity contribution in [3.63, 3.8) is 0 Å². The zero-order valence-corrected chi connectivity index (χ0v) is 32.4. The van der Waals surface area contributed by atoms with Crippen molar-refractivity contribution >= 4 is 52.1 Å². The van der Waals surface area contributed by atoms with E-state index in [9.17, 15) is 18.8 Å². The van der Waals surface area contributed by atoms with Crippen LogP contribution in [0.5, 0.6) is 0 Å². The van der Waals surface area contributed by atoms with E-state index in [1.807, 2.05) is 25.3 Å². The van der Waals surface area contributed by atoms with Crippen LogP contribution in [0.25, 0.3) is 27.7 Å². The van der Waals surface area contributed by atoms with Gasteiger partial charge in [0.15, 0.2) is 5.67 Å². The summed E-state index contributed by atoms with van der Waals surface area (Å²) in [6, 6.07) is 5.24. The predicted molar refractivity (Wildman–Crippen MR) is 206 cm³/mol. The van der Waals surface area contributed by atoms with Gasteiger partial charge in [-0.15, -0.1) is 11.3 Å². The lowest BCUT2D eigenvalue weighted by Crippen LogP contribution is -2.66. The standard InChI is InChI=1S/C40H51FN6O5S/c1-8-27(34(42-9-2)25(4)51-7)35-29-20-38(5,6)23-52-24-39(22-48)14-11-17-47(45-39)36(49)30(44-37(50)40(41)15-16-40)19-33-43-31(21-53-33)26-12-13-32(28(29)18-26)46(35)10-3/h8-9,12-13,18,21-22,25,30,45H,1,10-11,14-17,19-20,23-24H2,2-7H3,(H,44,50)/b34-27+,42-9?/t25-,30-,39-/m0/s1. The van der Waals surface area contributed by atoms with Crippen molar-refractivity contribution in [2.45, 2.75) is 103 Å². The second kappa shape index (κ2) is 15.4. The van der Waals surface area contributed by atoms with E-state index < -0.39 is 34.5 Å². The van der Waals surface area contributed by atoms with Crippen molar-refractivity contribution in [1.82, 2.24) is 25.3 Å². The van der Waals surface area contributed by atoms with Crippen LogP contribution in [0, 0.1) is 5.41 Å². The van der Waals surface area contributed by atoms with Gasteiger partial charge in [-0.05, 0) is 76.0 Å². The summed E-state index contributed by atoms with van der Waals surface area (Å²) in [5.74, 6) is -1.25. The van der Waals surface area contributed by atoms with Crippen LogP contribution in [0.2, 0.25) is 0 Å². The Kier molecular flexibility index (Phi) is 11.2. The van der Waals surface area contributed by atoms with Gasteiger partial charge in [0, 0.05) is 60.3 Å². The number of aliphatic imine (C=N–C) groups is 1. The number of aldehydes is 1. The van der Waals surface area contributed by atoms with E-state index in [1.54, 1.807) is 13.3 Å². The molecule has 3 aliphatic rings. The molecule has 2 aromatic heterocycles. The number of rotatable bonds is 9. The number of alkyl halides is 1. The number of halogens is 1. The number of carbonyl (C=O) groups is 3. The van der Waals surface area contributed by atoms with Gasteiger partial charge in [0.05, 0.1) is 41.4 Å². The van der Waals surface area contributed by atoms with E-state index >= 15 is 0 Å². The van der Waals surface area contributed by atoms with Crippen LogP contribution < -0.4 is 10.7 Å². The van der Waals surface area contributed by atoms with Crippen molar-refractivity contribution in [1.29, 1.82) is 0 Å². The molecule has 6 rings (SSSR count). The van der Waals surface area contributed by atoms with E-state index in [-0.39, 0.29) is 32.0 Å². The Morgan fingerprint density at radius 3 is 2.74 bits per heavy atom. The third kappa shape index (κ3) is 7.80. The van der Waals surface area contributed by atoms with Crippen LogP contribution in [0.15, 0.2) is 46.9 Å². The number of carbonyl (C=O) groups excluding carboxylic acids is 3. The third-order valence-electron chi connectivity index (χ3n) is 10.5. The molecule has 3 atom stereocenters. The SMILES string of the molecule is C=C/C(=C(\N=CC)[C@H](C)OC)c1c2c3cc(ccc3n1CC)-c1csc(n1)C[C@H](NC(=O)C1(F)CC1)C(=O)N1CCC[C@](C=O)(COCC(C)(C)C2)N1. The summed E-state index contributed by atoms with van der Waals surface area (Å²) in [5, 5.41) is 7.68. The summed E-state index contributed by atoms with van der Waals surface area (Å²) >= 11 is 1.38. The molecule has 11 nitrogen and oxygen atoms in total.